The van der Waals surface area contributed by atoms with Crippen LogP contribution in [-0.2, 0) is 6.42 Å². The fourth-order valence-electron chi connectivity index (χ4n) is 8.94. The molecular weight excluding hydrogens is 693 g/mol. The maximum atomic E-state index is 6.51. The van der Waals surface area contributed by atoms with Gasteiger partial charge in [-0.05, 0) is 116 Å². The Kier molecular flexibility index (Phi) is 7.92. The van der Waals surface area contributed by atoms with Gasteiger partial charge in [-0.1, -0.05) is 159 Å². The number of allylic oxidation sites excluding steroid dienone is 1. The summed E-state index contributed by atoms with van der Waals surface area (Å²) in [7, 11) is 0. The molecular formula is C54H40N2O. The van der Waals surface area contributed by atoms with Crippen molar-refractivity contribution in [2.75, 3.05) is 5.32 Å². The molecule has 57 heavy (non-hydrogen) atoms. The molecule has 0 radical (unpaired) electrons. The van der Waals surface area contributed by atoms with E-state index in [4.69, 9.17) is 4.74 Å². The third kappa shape index (κ3) is 5.82. The summed E-state index contributed by atoms with van der Waals surface area (Å²) < 4.78 is 8.94. The van der Waals surface area contributed by atoms with Crippen molar-refractivity contribution in [3.05, 3.63) is 205 Å². The topological polar surface area (TPSA) is 26.2 Å². The number of para-hydroxylation sites is 1. The lowest BCUT2D eigenvalue weighted by molar-refractivity contribution is 0.260. The van der Waals surface area contributed by atoms with Crippen LogP contribution < -0.4 is 10.1 Å². The first-order valence-electron chi connectivity index (χ1n) is 19.9. The van der Waals surface area contributed by atoms with Crippen LogP contribution in [0.15, 0.2) is 188 Å². The maximum Gasteiger partial charge on any atom is 0.196 e. The van der Waals surface area contributed by atoms with Crippen LogP contribution in [0, 0.1) is 5.92 Å². The van der Waals surface area contributed by atoms with E-state index < -0.39 is 0 Å². The van der Waals surface area contributed by atoms with Gasteiger partial charge in [-0.25, -0.2) is 0 Å². The van der Waals surface area contributed by atoms with Crippen molar-refractivity contribution in [1.29, 1.82) is 0 Å². The Morgan fingerprint density at radius 1 is 0.544 bits per heavy atom. The second-order valence-corrected chi connectivity index (χ2v) is 15.4. The van der Waals surface area contributed by atoms with E-state index in [0.717, 1.165) is 29.0 Å². The molecule has 3 heteroatoms. The molecule has 0 fully saturated rings. The summed E-state index contributed by atoms with van der Waals surface area (Å²) in [4.78, 5) is 0. The standard InChI is InChI=1S/C54H40N2O/c1-35-18-31-52-49(32-35)48-16-8-9-17-51(48)56(52)43-28-25-38(26-29-43)45-13-5-7-15-47(45)46-14-6-4-12-44(46)37-20-22-39(23-21-37)54-55-50-30-27-42(34-53(50)57-54)41-24-19-36-10-2-3-11-40(36)33-41/h2-31,33-35,54-55H,32H2,1H3. The molecule has 1 N–H and O–H groups in total. The highest BCUT2D eigenvalue weighted by Crippen LogP contribution is 2.43. The predicted octanol–water partition coefficient (Wildman–Crippen LogP) is 14.2. The van der Waals surface area contributed by atoms with Crippen molar-refractivity contribution in [2.24, 2.45) is 5.92 Å². The summed E-state index contributed by atoms with van der Waals surface area (Å²) in [5.41, 5.74) is 16.8. The molecule has 0 spiro atoms. The Morgan fingerprint density at radius 2 is 1.14 bits per heavy atom. The molecule has 0 amide bonds. The highest BCUT2D eigenvalue weighted by atomic mass is 16.5. The van der Waals surface area contributed by atoms with Crippen LogP contribution in [-0.4, -0.2) is 4.57 Å². The van der Waals surface area contributed by atoms with Crippen LogP contribution in [0.2, 0.25) is 0 Å². The van der Waals surface area contributed by atoms with Crippen molar-refractivity contribution >= 4 is 33.4 Å². The van der Waals surface area contributed by atoms with Gasteiger partial charge in [0, 0.05) is 22.3 Å². The smallest absolute Gasteiger partial charge is 0.196 e. The van der Waals surface area contributed by atoms with E-state index in [9.17, 15) is 0 Å². The molecule has 3 nitrogen and oxygen atoms in total. The fourth-order valence-corrected chi connectivity index (χ4v) is 8.94. The predicted molar refractivity (Wildman–Crippen MR) is 238 cm³/mol. The third-order valence-electron chi connectivity index (χ3n) is 11.8. The van der Waals surface area contributed by atoms with Gasteiger partial charge in [0.25, 0.3) is 0 Å². The van der Waals surface area contributed by atoms with Gasteiger partial charge in [-0.2, -0.15) is 0 Å². The molecule has 9 aromatic rings. The average Bonchev–Trinajstić information content (AvgIpc) is 3.85. The highest BCUT2D eigenvalue weighted by molar-refractivity contribution is 5.93. The molecule has 8 aromatic carbocycles. The van der Waals surface area contributed by atoms with Crippen molar-refractivity contribution in [2.45, 2.75) is 19.6 Å². The summed E-state index contributed by atoms with van der Waals surface area (Å²) >= 11 is 0. The molecule has 11 rings (SSSR count). The van der Waals surface area contributed by atoms with Crippen LogP contribution in [0.5, 0.6) is 5.75 Å². The molecule has 0 saturated carbocycles. The third-order valence-corrected chi connectivity index (χ3v) is 11.8. The number of nitrogens with one attached hydrogen (secondary N) is 1. The molecule has 1 aromatic heterocycles. The number of aromatic nitrogens is 1. The second-order valence-electron chi connectivity index (χ2n) is 15.4. The first-order chi connectivity index (χ1) is 28.1. The van der Waals surface area contributed by atoms with Crippen molar-refractivity contribution in [3.63, 3.8) is 0 Å². The van der Waals surface area contributed by atoms with Crippen LogP contribution >= 0.6 is 0 Å². The monoisotopic (exact) mass is 732 g/mol. The highest BCUT2D eigenvalue weighted by Gasteiger charge is 2.25. The average molecular weight is 733 g/mol. The zero-order valence-corrected chi connectivity index (χ0v) is 31.7. The van der Waals surface area contributed by atoms with Gasteiger partial charge in [-0.15, -0.1) is 0 Å². The number of hydrogen-bond donors (Lipinski definition) is 1. The minimum atomic E-state index is -0.255. The summed E-state index contributed by atoms with van der Waals surface area (Å²) in [5.74, 6) is 1.42. The van der Waals surface area contributed by atoms with Gasteiger partial charge in [0.15, 0.2) is 6.23 Å². The Labute approximate surface area is 333 Å². The lowest BCUT2D eigenvalue weighted by Gasteiger charge is -2.17. The molecule has 0 bridgehead atoms. The number of benzene rings is 8. The number of rotatable bonds is 6. The van der Waals surface area contributed by atoms with Crippen LogP contribution in [0.1, 0.15) is 30.0 Å². The van der Waals surface area contributed by atoms with Gasteiger partial charge in [-0.3, -0.25) is 0 Å². The molecule has 2 unspecified atom stereocenters. The first kappa shape index (κ1) is 33.3. The summed E-state index contributed by atoms with van der Waals surface area (Å²) in [6, 6.07) is 65.8. The number of hydrogen-bond acceptors (Lipinski definition) is 2. The SMILES string of the molecule is CC1C=Cc2c(c3ccccc3n2-c2ccc(-c3ccccc3-c3ccccc3-c3ccc(C4Nc5ccc(-c6ccc7ccccc7c6)cc5O4)cc3)cc2)C1. The normalized spacial score (nSPS) is 15.6. The molecule has 1 aliphatic carbocycles. The molecule has 0 saturated heterocycles. The van der Waals surface area contributed by atoms with Gasteiger partial charge >= 0.3 is 0 Å². The Hall–Kier alpha value is -7.10. The van der Waals surface area contributed by atoms with Crippen molar-refractivity contribution in [1.82, 2.24) is 4.57 Å². The van der Waals surface area contributed by atoms with Crippen molar-refractivity contribution in [3.8, 4) is 55.9 Å². The largest absolute Gasteiger partial charge is 0.464 e. The van der Waals surface area contributed by atoms with Crippen LogP contribution in [0.3, 0.4) is 0 Å². The van der Waals surface area contributed by atoms with E-state index in [0.29, 0.717) is 5.92 Å². The molecule has 1 aliphatic heterocycles. The number of fused-ring (bicyclic) bond motifs is 5. The summed E-state index contributed by atoms with van der Waals surface area (Å²) in [6.45, 7) is 2.30. The van der Waals surface area contributed by atoms with Gasteiger partial charge < -0.3 is 14.6 Å². The number of ether oxygens (including phenoxy) is 1. The lowest BCUT2D eigenvalue weighted by atomic mass is 9.89. The van der Waals surface area contributed by atoms with E-state index in [1.54, 1.807) is 0 Å². The lowest BCUT2D eigenvalue weighted by Crippen LogP contribution is -2.09. The minimum absolute atomic E-state index is 0.255. The molecule has 272 valence electrons. The summed E-state index contributed by atoms with van der Waals surface area (Å²) in [6.07, 6.45) is 5.47. The second kappa shape index (κ2) is 13.6. The molecule has 2 atom stereocenters. The minimum Gasteiger partial charge on any atom is -0.464 e. The van der Waals surface area contributed by atoms with Gasteiger partial charge in [0.1, 0.15) is 5.75 Å². The van der Waals surface area contributed by atoms with Crippen LogP contribution in [0.4, 0.5) is 5.69 Å². The van der Waals surface area contributed by atoms with E-state index in [1.165, 1.54) is 77.6 Å². The van der Waals surface area contributed by atoms with Crippen LogP contribution in [0.25, 0.3) is 77.9 Å². The quantitative estimate of drug-likeness (QED) is 0.184. The Morgan fingerprint density at radius 3 is 1.89 bits per heavy atom. The van der Waals surface area contributed by atoms with Crippen molar-refractivity contribution < 1.29 is 4.74 Å². The molecule has 2 aliphatic rings. The zero-order chi connectivity index (χ0) is 37.9. The first-order valence-corrected chi connectivity index (χ1v) is 19.9. The zero-order valence-electron chi connectivity index (χ0n) is 31.7. The molecule has 2 heterocycles. The van der Waals surface area contributed by atoms with E-state index in [2.05, 4.69) is 211 Å². The Balaban J connectivity index is 0.871. The number of nitrogens with zero attached hydrogens (tertiary/aromatic N) is 1. The van der Waals surface area contributed by atoms with E-state index >= 15 is 0 Å². The van der Waals surface area contributed by atoms with E-state index in [-0.39, 0.29) is 6.23 Å². The van der Waals surface area contributed by atoms with E-state index in [1.807, 2.05) is 0 Å². The number of anilines is 1. The summed E-state index contributed by atoms with van der Waals surface area (Å²) in [5, 5.41) is 7.42. The maximum absolute atomic E-state index is 6.51. The fraction of sp³-hybridized carbons (Fsp3) is 0.0741. The van der Waals surface area contributed by atoms with Gasteiger partial charge in [0.2, 0.25) is 0 Å². The Bertz CT molecular complexity index is 3010. The van der Waals surface area contributed by atoms with Gasteiger partial charge in [0.05, 0.1) is 11.2 Å².